The van der Waals surface area contributed by atoms with Gasteiger partial charge in [-0.05, 0) is 13.8 Å². The first-order chi connectivity index (χ1) is 8.60. The molecule has 1 heterocycles. The zero-order chi connectivity index (χ0) is 13.5. The lowest BCUT2D eigenvalue weighted by Gasteiger charge is -2.20. The van der Waals surface area contributed by atoms with Crippen LogP contribution >= 0.6 is 11.3 Å². The summed E-state index contributed by atoms with van der Waals surface area (Å²) in [6.45, 7) is 6.96. The van der Waals surface area contributed by atoms with Crippen LogP contribution in [0.15, 0.2) is 0 Å². The topological polar surface area (TPSA) is 60.6 Å². The van der Waals surface area contributed by atoms with Crippen LogP contribution in [-0.4, -0.2) is 45.5 Å². The lowest BCUT2D eigenvalue weighted by atomic mass is 10.2. The maximum absolute atomic E-state index is 5.93. The van der Waals surface area contributed by atoms with Gasteiger partial charge < -0.3 is 20.1 Å². The second-order valence-electron chi connectivity index (χ2n) is 4.21. The number of aromatic nitrogens is 1. The van der Waals surface area contributed by atoms with E-state index >= 15 is 0 Å². The van der Waals surface area contributed by atoms with Crippen molar-refractivity contribution in [3.63, 3.8) is 0 Å². The number of aryl methyl sites for hydroxylation is 1. The van der Waals surface area contributed by atoms with Crippen LogP contribution in [-0.2, 0) is 9.47 Å². The first-order valence-corrected chi connectivity index (χ1v) is 6.87. The predicted molar refractivity (Wildman–Crippen MR) is 75.4 cm³/mol. The van der Waals surface area contributed by atoms with Crippen LogP contribution in [0.2, 0.25) is 0 Å². The second-order valence-corrected chi connectivity index (χ2v) is 5.22. The molecule has 0 amide bonds. The number of hydrogen-bond donors (Lipinski definition) is 1. The van der Waals surface area contributed by atoms with Crippen molar-refractivity contribution in [2.75, 3.05) is 45.4 Å². The smallest absolute Gasteiger partial charge is 0.185 e. The van der Waals surface area contributed by atoms with E-state index in [-0.39, 0.29) is 6.04 Å². The molecule has 18 heavy (non-hydrogen) atoms. The van der Waals surface area contributed by atoms with Gasteiger partial charge in [0.15, 0.2) is 5.13 Å². The molecule has 1 unspecified atom stereocenters. The molecular formula is C12H23N3O2S. The standard InChI is InChI=1S/C12H23N3O2S/c1-9(13)11-10(2)14-12(18-11)15(5-7-16-3)6-8-17-4/h9H,5-8,13H2,1-4H3. The quantitative estimate of drug-likeness (QED) is 0.779. The van der Waals surface area contributed by atoms with Gasteiger partial charge in [0.25, 0.3) is 0 Å². The van der Waals surface area contributed by atoms with Crippen molar-refractivity contribution in [2.24, 2.45) is 5.73 Å². The Kier molecular flexibility index (Phi) is 6.56. The summed E-state index contributed by atoms with van der Waals surface area (Å²) in [5.41, 5.74) is 6.95. The Hall–Kier alpha value is -0.690. The molecule has 0 bridgehead atoms. The van der Waals surface area contributed by atoms with E-state index in [2.05, 4.69) is 9.88 Å². The molecule has 0 aliphatic carbocycles. The fraction of sp³-hybridized carbons (Fsp3) is 0.750. The summed E-state index contributed by atoms with van der Waals surface area (Å²) in [6.07, 6.45) is 0. The highest BCUT2D eigenvalue weighted by Gasteiger charge is 2.15. The third kappa shape index (κ3) is 4.20. The third-order valence-electron chi connectivity index (χ3n) is 2.64. The van der Waals surface area contributed by atoms with E-state index in [4.69, 9.17) is 15.2 Å². The molecule has 1 aromatic heterocycles. The minimum atomic E-state index is 0.0305. The maximum Gasteiger partial charge on any atom is 0.185 e. The van der Waals surface area contributed by atoms with E-state index in [1.54, 1.807) is 25.6 Å². The van der Waals surface area contributed by atoms with Crippen LogP contribution in [0.4, 0.5) is 5.13 Å². The fourth-order valence-electron chi connectivity index (χ4n) is 1.66. The van der Waals surface area contributed by atoms with Crippen molar-refractivity contribution in [2.45, 2.75) is 19.9 Å². The summed E-state index contributed by atoms with van der Waals surface area (Å²) in [5, 5.41) is 0.994. The minimum absolute atomic E-state index is 0.0305. The van der Waals surface area contributed by atoms with E-state index in [1.807, 2.05) is 13.8 Å². The molecule has 0 spiro atoms. The summed E-state index contributed by atoms with van der Waals surface area (Å²) in [6, 6.07) is 0.0305. The molecule has 0 saturated heterocycles. The molecule has 0 aliphatic heterocycles. The van der Waals surface area contributed by atoms with Crippen molar-refractivity contribution >= 4 is 16.5 Å². The molecule has 104 valence electrons. The van der Waals surface area contributed by atoms with E-state index < -0.39 is 0 Å². The lowest BCUT2D eigenvalue weighted by Crippen LogP contribution is -2.30. The Balaban J connectivity index is 2.79. The number of rotatable bonds is 8. The van der Waals surface area contributed by atoms with E-state index in [0.29, 0.717) is 13.2 Å². The molecule has 2 N–H and O–H groups in total. The molecule has 0 saturated carbocycles. The van der Waals surface area contributed by atoms with Crippen molar-refractivity contribution < 1.29 is 9.47 Å². The molecule has 0 radical (unpaired) electrons. The SMILES string of the molecule is COCCN(CCOC)c1nc(C)c(C(C)N)s1. The number of hydrogen-bond acceptors (Lipinski definition) is 6. The summed E-state index contributed by atoms with van der Waals surface area (Å²) in [5.74, 6) is 0. The highest BCUT2D eigenvalue weighted by atomic mass is 32.1. The van der Waals surface area contributed by atoms with Crippen molar-refractivity contribution in [1.82, 2.24) is 4.98 Å². The van der Waals surface area contributed by atoms with Gasteiger partial charge in [-0.15, -0.1) is 11.3 Å². The number of methoxy groups -OCH3 is 2. The van der Waals surface area contributed by atoms with Crippen LogP contribution in [0.3, 0.4) is 0 Å². The molecule has 0 aromatic carbocycles. The first-order valence-electron chi connectivity index (χ1n) is 6.05. The maximum atomic E-state index is 5.93. The van der Waals surface area contributed by atoms with Crippen molar-refractivity contribution in [3.8, 4) is 0 Å². The summed E-state index contributed by atoms with van der Waals surface area (Å²) >= 11 is 1.66. The van der Waals surface area contributed by atoms with Crippen LogP contribution in [0.5, 0.6) is 0 Å². The van der Waals surface area contributed by atoms with Crippen molar-refractivity contribution in [3.05, 3.63) is 10.6 Å². The number of thiazole rings is 1. The van der Waals surface area contributed by atoms with E-state index in [0.717, 1.165) is 28.8 Å². The fourth-order valence-corrected chi connectivity index (χ4v) is 2.73. The van der Waals surface area contributed by atoms with Gasteiger partial charge >= 0.3 is 0 Å². The van der Waals surface area contributed by atoms with Gasteiger partial charge in [0.05, 0.1) is 18.9 Å². The summed E-state index contributed by atoms with van der Waals surface area (Å²) in [4.78, 5) is 7.91. The van der Waals surface area contributed by atoms with Gasteiger partial charge in [-0.1, -0.05) is 0 Å². The molecule has 1 rings (SSSR count). The Bertz CT molecular complexity index is 347. The highest BCUT2D eigenvalue weighted by Crippen LogP contribution is 2.29. The first kappa shape index (κ1) is 15.4. The number of nitrogens with two attached hydrogens (primary N) is 1. The largest absolute Gasteiger partial charge is 0.383 e. The van der Waals surface area contributed by atoms with Gasteiger partial charge in [0.1, 0.15) is 0 Å². The molecule has 1 atom stereocenters. The second kappa shape index (κ2) is 7.68. The number of nitrogens with zero attached hydrogens (tertiary/aromatic N) is 2. The van der Waals surface area contributed by atoms with Gasteiger partial charge in [-0.2, -0.15) is 0 Å². The molecule has 1 aromatic rings. The molecule has 0 fully saturated rings. The zero-order valence-corrected chi connectivity index (χ0v) is 12.4. The Morgan fingerprint density at radius 2 is 1.83 bits per heavy atom. The average Bonchev–Trinajstić information content (AvgIpc) is 2.71. The Morgan fingerprint density at radius 1 is 1.28 bits per heavy atom. The molecule has 5 nitrogen and oxygen atoms in total. The normalized spacial score (nSPS) is 12.7. The minimum Gasteiger partial charge on any atom is -0.383 e. The van der Waals surface area contributed by atoms with Crippen LogP contribution in [0, 0.1) is 6.92 Å². The van der Waals surface area contributed by atoms with Crippen LogP contribution in [0.25, 0.3) is 0 Å². The average molecular weight is 273 g/mol. The van der Waals surface area contributed by atoms with Gasteiger partial charge in [-0.3, -0.25) is 0 Å². The lowest BCUT2D eigenvalue weighted by molar-refractivity contribution is 0.190. The predicted octanol–water partition coefficient (Wildman–Crippen LogP) is 1.57. The van der Waals surface area contributed by atoms with E-state index in [1.165, 1.54) is 0 Å². The highest BCUT2D eigenvalue weighted by molar-refractivity contribution is 7.15. The van der Waals surface area contributed by atoms with E-state index in [9.17, 15) is 0 Å². The summed E-state index contributed by atoms with van der Waals surface area (Å²) < 4.78 is 10.3. The van der Waals surface area contributed by atoms with Crippen LogP contribution in [0.1, 0.15) is 23.5 Å². The third-order valence-corrected chi connectivity index (χ3v) is 4.06. The molecule has 6 heteroatoms. The summed E-state index contributed by atoms with van der Waals surface area (Å²) in [7, 11) is 3.41. The Labute approximate surface area is 113 Å². The monoisotopic (exact) mass is 273 g/mol. The zero-order valence-electron chi connectivity index (χ0n) is 11.6. The van der Waals surface area contributed by atoms with Crippen LogP contribution < -0.4 is 10.6 Å². The number of ether oxygens (including phenoxy) is 2. The van der Waals surface area contributed by atoms with Crippen molar-refractivity contribution in [1.29, 1.82) is 0 Å². The molecular weight excluding hydrogens is 250 g/mol. The molecule has 0 aliphatic rings. The van der Waals surface area contributed by atoms with Gasteiger partial charge in [0, 0.05) is 38.2 Å². The van der Waals surface area contributed by atoms with Gasteiger partial charge in [0.2, 0.25) is 0 Å². The van der Waals surface area contributed by atoms with Gasteiger partial charge in [-0.25, -0.2) is 4.98 Å². The Morgan fingerprint density at radius 3 is 2.22 bits per heavy atom. The number of anilines is 1.